The van der Waals surface area contributed by atoms with Gasteiger partial charge >= 0.3 is 0 Å². The number of hydrogen-bond acceptors (Lipinski definition) is 4. The molecule has 62 heavy (non-hydrogen) atoms. The zero-order valence-corrected chi connectivity index (χ0v) is 33.3. The first-order valence-corrected chi connectivity index (χ1v) is 20.9. The molecule has 0 atom stereocenters. The van der Waals surface area contributed by atoms with Crippen LogP contribution in [0, 0.1) is 0 Å². The molecule has 0 fully saturated rings. The minimum absolute atomic E-state index is 0.578. The fraction of sp³-hybridized carbons (Fsp3) is 0. The summed E-state index contributed by atoms with van der Waals surface area (Å²) >= 11 is 0. The summed E-state index contributed by atoms with van der Waals surface area (Å²) in [5.41, 5.74) is 9.97. The van der Waals surface area contributed by atoms with Gasteiger partial charge in [0.2, 0.25) is 0 Å². The van der Waals surface area contributed by atoms with Gasteiger partial charge in [-0.15, -0.1) is 0 Å². The van der Waals surface area contributed by atoms with Crippen LogP contribution in [0.3, 0.4) is 0 Å². The van der Waals surface area contributed by atoms with Crippen LogP contribution < -0.4 is 0 Å². The van der Waals surface area contributed by atoms with Crippen LogP contribution in [0.15, 0.2) is 211 Å². The summed E-state index contributed by atoms with van der Waals surface area (Å²) in [6.07, 6.45) is 0. The maximum absolute atomic E-state index is 6.73. The number of benzene rings is 10. The van der Waals surface area contributed by atoms with Crippen molar-refractivity contribution in [2.45, 2.75) is 0 Å². The number of nitrogens with zero attached hydrogens (tertiary/aromatic N) is 4. The van der Waals surface area contributed by atoms with E-state index in [9.17, 15) is 0 Å². The maximum Gasteiger partial charge on any atom is 0.164 e. The number of rotatable bonds is 5. The molecule has 288 valence electrons. The molecule has 3 heterocycles. The van der Waals surface area contributed by atoms with Crippen LogP contribution in [0.5, 0.6) is 0 Å². The minimum atomic E-state index is 0.578. The first-order chi connectivity index (χ1) is 30.7. The smallest absolute Gasteiger partial charge is 0.164 e. The first-order valence-electron chi connectivity index (χ1n) is 20.9. The zero-order valence-electron chi connectivity index (χ0n) is 33.3. The third-order valence-electron chi connectivity index (χ3n) is 12.4. The van der Waals surface area contributed by atoms with E-state index in [0.717, 1.165) is 77.0 Å². The molecule has 0 aliphatic heterocycles. The van der Waals surface area contributed by atoms with Gasteiger partial charge < -0.3 is 8.98 Å². The minimum Gasteiger partial charge on any atom is -0.456 e. The van der Waals surface area contributed by atoms with Crippen LogP contribution in [0.4, 0.5) is 0 Å². The van der Waals surface area contributed by atoms with Gasteiger partial charge in [0.15, 0.2) is 17.5 Å². The summed E-state index contributed by atoms with van der Waals surface area (Å²) in [5, 5.41) is 11.6. The van der Waals surface area contributed by atoms with E-state index in [1.165, 1.54) is 32.6 Å². The molecule has 0 N–H and O–H groups in total. The van der Waals surface area contributed by atoms with E-state index in [0.29, 0.717) is 17.5 Å². The van der Waals surface area contributed by atoms with Crippen molar-refractivity contribution in [1.29, 1.82) is 0 Å². The Kier molecular flexibility index (Phi) is 7.54. The van der Waals surface area contributed by atoms with Crippen molar-refractivity contribution in [3.63, 3.8) is 0 Å². The Morgan fingerprint density at radius 3 is 1.84 bits per heavy atom. The second-order valence-corrected chi connectivity index (χ2v) is 16.0. The normalized spacial score (nSPS) is 11.9. The topological polar surface area (TPSA) is 56.7 Å². The highest BCUT2D eigenvalue weighted by molar-refractivity contribution is 6.20. The number of furan rings is 1. The summed E-state index contributed by atoms with van der Waals surface area (Å²) < 4.78 is 9.13. The van der Waals surface area contributed by atoms with Crippen LogP contribution in [0.25, 0.3) is 127 Å². The molecular weight excluding hydrogens is 757 g/mol. The van der Waals surface area contributed by atoms with Crippen LogP contribution in [-0.4, -0.2) is 19.5 Å². The third kappa shape index (κ3) is 5.38. The SMILES string of the molecule is c1ccc(-c2ccccc2-c2nc(-c3ccc4c(c3)oc3ccc5ccc(-n6c7ccccc7c7cc8ccccc8cc76)cc5c34)nc(-c3cccc4ccccc34)n2)cc1. The van der Waals surface area contributed by atoms with Gasteiger partial charge in [-0.25, -0.2) is 15.0 Å². The molecule has 3 aromatic heterocycles. The molecule has 13 rings (SSSR count). The van der Waals surface area contributed by atoms with Crippen molar-refractivity contribution in [3.05, 3.63) is 206 Å². The van der Waals surface area contributed by atoms with Crippen LogP contribution in [0.2, 0.25) is 0 Å². The molecule has 0 unspecified atom stereocenters. The highest BCUT2D eigenvalue weighted by atomic mass is 16.3. The fourth-order valence-electron chi connectivity index (χ4n) is 9.51. The first kappa shape index (κ1) is 34.5. The lowest BCUT2D eigenvalue weighted by molar-refractivity contribution is 0.669. The van der Waals surface area contributed by atoms with Gasteiger partial charge in [-0.3, -0.25) is 0 Å². The molecule has 5 heteroatoms. The summed E-state index contributed by atoms with van der Waals surface area (Å²) in [6, 6.07) is 72.7. The Morgan fingerprint density at radius 2 is 0.968 bits per heavy atom. The van der Waals surface area contributed by atoms with Crippen molar-refractivity contribution < 1.29 is 4.42 Å². The molecule has 0 amide bonds. The Balaban J connectivity index is 1.000. The predicted molar refractivity (Wildman–Crippen MR) is 256 cm³/mol. The number of aromatic nitrogens is 4. The molecule has 0 aliphatic carbocycles. The van der Waals surface area contributed by atoms with Gasteiger partial charge in [-0.1, -0.05) is 158 Å². The molecule has 5 nitrogen and oxygen atoms in total. The molecule has 10 aromatic carbocycles. The Labute approximate surface area is 355 Å². The van der Waals surface area contributed by atoms with Crippen molar-refractivity contribution in [2.75, 3.05) is 0 Å². The number of fused-ring (bicyclic) bond motifs is 10. The molecule has 0 spiro atoms. The van der Waals surface area contributed by atoms with E-state index in [1.54, 1.807) is 0 Å². The van der Waals surface area contributed by atoms with E-state index in [-0.39, 0.29) is 0 Å². The van der Waals surface area contributed by atoms with Crippen molar-refractivity contribution in [1.82, 2.24) is 19.5 Å². The van der Waals surface area contributed by atoms with Gasteiger partial charge in [-0.2, -0.15) is 0 Å². The van der Waals surface area contributed by atoms with Crippen molar-refractivity contribution in [3.8, 4) is 51.0 Å². The second-order valence-electron chi connectivity index (χ2n) is 16.0. The molecule has 0 saturated heterocycles. The third-order valence-corrected chi connectivity index (χ3v) is 12.4. The van der Waals surface area contributed by atoms with Crippen LogP contribution in [-0.2, 0) is 0 Å². The Bertz CT molecular complexity index is 3930. The fourth-order valence-corrected chi connectivity index (χ4v) is 9.51. The Hall–Kier alpha value is -8.41. The molecular formula is C57H34N4O. The molecule has 0 radical (unpaired) electrons. The molecule has 0 aliphatic rings. The second kappa shape index (κ2) is 13.6. The summed E-state index contributed by atoms with van der Waals surface area (Å²) in [6.45, 7) is 0. The van der Waals surface area contributed by atoms with Crippen molar-refractivity contribution >= 4 is 76.1 Å². The Morgan fingerprint density at radius 1 is 0.323 bits per heavy atom. The largest absolute Gasteiger partial charge is 0.456 e. The standard InChI is InChI=1S/C57H34N4O/c1-2-13-35(14-3-1)42-20-8-9-22-45(42)56-58-55(59-57(60-56)46-23-12-18-36-15-6-7-19-43(36)46)40-26-29-47-53(33-40)62-52-30-27-37-25-28-41(34-48(37)54(47)52)61-50-24-11-10-21-44(50)49-31-38-16-4-5-17-39(38)32-51(49)61/h1-34H. The lowest BCUT2D eigenvalue weighted by Gasteiger charge is -2.13. The maximum atomic E-state index is 6.73. The average molecular weight is 791 g/mol. The van der Waals surface area contributed by atoms with Crippen molar-refractivity contribution in [2.24, 2.45) is 0 Å². The van der Waals surface area contributed by atoms with Crippen LogP contribution in [0.1, 0.15) is 0 Å². The van der Waals surface area contributed by atoms with E-state index in [2.05, 4.69) is 199 Å². The predicted octanol–water partition coefficient (Wildman–Crippen LogP) is 15.0. The monoisotopic (exact) mass is 790 g/mol. The van der Waals surface area contributed by atoms with E-state index < -0.39 is 0 Å². The lowest BCUT2D eigenvalue weighted by atomic mass is 9.99. The van der Waals surface area contributed by atoms with Gasteiger partial charge in [0.25, 0.3) is 0 Å². The average Bonchev–Trinajstić information content (AvgIpc) is 3.88. The summed E-state index contributed by atoms with van der Waals surface area (Å²) in [7, 11) is 0. The van der Waals surface area contributed by atoms with Crippen LogP contribution >= 0.6 is 0 Å². The quantitative estimate of drug-likeness (QED) is 0.174. The highest BCUT2D eigenvalue weighted by Crippen LogP contribution is 2.41. The van der Waals surface area contributed by atoms with Gasteiger partial charge in [-0.05, 0) is 92.0 Å². The summed E-state index contributed by atoms with van der Waals surface area (Å²) in [4.78, 5) is 15.6. The van der Waals surface area contributed by atoms with Gasteiger partial charge in [0.1, 0.15) is 11.2 Å². The van der Waals surface area contributed by atoms with E-state index >= 15 is 0 Å². The highest BCUT2D eigenvalue weighted by Gasteiger charge is 2.20. The zero-order chi connectivity index (χ0) is 40.7. The van der Waals surface area contributed by atoms with Gasteiger partial charge in [0.05, 0.1) is 11.0 Å². The van der Waals surface area contributed by atoms with Gasteiger partial charge in [0, 0.05) is 43.9 Å². The number of para-hydroxylation sites is 1. The molecule has 0 bridgehead atoms. The summed E-state index contributed by atoms with van der Waals surface area (Å²) in [5.74, 6) is 1.80. The lowest BCUT2D eigenvalue weighted by Crippen LogP contribution is -2.01. The van der Waals surface area contributed by atoms with E-state index in [4.69, 9.17) is 19.4 Å². The number of hydrogen-bond donors (Lipinski definition) is 0. The molecule has 0 saturated carbocycles. The van der Waals surface area contributed by atoms with E-state index in [1.807, 2.05) is 12.1 Å². The molecule has 13 aromatic rings.